The average Bonchev–Trinajstić information content (AvgIpc) is 2.62. The molecule has 0 bridgehead atoms. The van der Waals surface area contributed by atoms with E-state index in [0.29, 0.717) is 6.54 Å². The molecule has 1 saturated heterocycles. The summed E-state index contributed by atoms with van der Waals surface area (Å²) < 4.78 is 0. The van der Waals surface area contributed by atoms with Crippen LogP contribution in [0.25, 0.3) is 0 Å². The smallest absolute Gasteiger partial charge is 0.225 e. The Morgan fingerprint density at radius 2 is 1.81 bits per heavy atom. The number of amides is 1. The Hall–Kier alpha value is -1.43. The van der Waals surface area contributed by atoms with Crippen LogP contribution in [0.1, 0.15) is 43.7 Å². The zero-order valence-corrected chi connectivity index (χ0v) is 16.3. The van der Waals surface area contributed by atoms with Gasteiger partial charge in [0.1, 0.15) is 0 Å². The van der Waals surface area contributed by atoms with Crippen molar-refractivity contribution >= 4 is 5.91 Å². The van der Waals surface area contributed by atoms with Gasteiger partial charge in [0.2, 0.25) is 5.91 Å². The van der Waals surface area contributed by atoms with E-state index in [1.165, 1.54) is 5.56 Å². The van der Waals surface area contributed by atoms with Gasteiger partial charge in [-0.05, 0) is 37.9 Å². The lowest BCUT2D eigenvalue weighted by molar-refractivity contribution is -0.128. The molecule has 5 nitrogen and oxygen atoms in total. The number of nitrogens with one attached hydrogen (secondary N) is 1. The Kier molecular flexibility index (Phi) is 6.33. The molecular formula is C21H34N4O. The maximum atomic E-state index is 12.5. The maximum absolute atomic E-state index is 12.5. The van der Waals surface area contributed by atoms with Gasteiger partial charge in [-0.3, -0.25) is 9.69 Å². The molecule has 144 valence electrons. The lowest BCUT2D eigenvalue weighted by Gasteiger charge is -2.37. The fraction of sp³-hybridized carbons (Fsp3) is 0.667. The SMILES string of the molecule is CN1CCN(Cc2ccc(CNC(=O)C3CCCCC3(C)N)cc2)CC1. The molecule has 3 rings (SSSR count). The summed E-state index contributed by atoms with van der Waals surface area (Å²) in [5.41, 5.74) is 8.46. The predicted octanol–water partition coefficient (Wildman–Crippen LogP) is 1.96. The zero-order valence-electron chi connectivity index (χ0n) is 16.3. The van der Waals surface area contributed by atoms with Gasteiger partial charge in [-0.25, -0.2) is 0 Å². The van der Waals surface area contributed by atoms with Crippen LogP contribution in [0.3, 0.4) is 0 Å². The van der Waals surface area contributed by atoms with Crippen LogP contribution < -0.4 is 11.1 Å². The number of rotatable bonds is 5. The van der Waals surface area contributed by atoms with E-state index in [0.717, 1.165) is 64.0 Å². The Morgan fingerprint density at radius 3 is 2.46 bits per heavy atom. The van der Waals surface area contributed by atoms with Crippen LogP contribution in [0, 0.1) is 5.92 Å². The van der Waals surface area contributed by atoms with Crippen LogP contribution in [-0.2, 0) is 17.9 Å². The third-order valence-corrected chi connectivity index (χ3v) is 6.06. The van der Waals surface area contributed by atoms with Gasteiger partial charge in [-0.15, -0.1) is 0 Å². The molecule has 1 heterocycles. The van der Waals surface area contributed by atoms with E-state index in [-0.39, 0.29) is 17.4 Å². The summed E-state index contributed by atoms with van der Waals surface area (Å²) in [6.45, 7) is 8.16. The van der Waals surface area contributed by atoms with E-state index in [2.05, 4.69) is 46.4 Å². The van der Waals surface area contributed by atoms with Gasteiger partial charge < -0.3 is 16.0 Å². The molecule has 0 radical (unpaired) electrons. The van der Waals surface area contributed by atoms with E-state index in [1.54, 1.807) is 0 Å². The van der Waals surface area contributed by atoms with E-state index in [1.807, 2.05) is 6.92 Å². The molecule has 0 spiro atoms. The minimum Gasteiger partial charge on any atom is -0.352 e. The summed E-state index contributed by atoms with van der Waals surface area (Å²) >= 11 is 0. The van der Waals surface area contributed by atoms with Crippen molar-refractivity contribution in [3.8, 4) is 0 Å². The van der Waals surface area contributed by atoms with Crippen LogP contribution >= 0.6 is 0 Å². The van der Waals surface area contributed by atoms with Crippen molar-refractivity contribution in [3.63, 3.8) is 0 Å². The highest BCUT2D eigenvalue weighted by atomic mass is 16.1. The molecule has 1 aliphatic heterocycles. The molecule has 0 aromatic heterocycles. The summed E-state index contributed by atoms with van der Waals surface area (Å²) in [5.74, 6) is 0.0453. The monoisotopic (exact) mass is 358 g/mol. The quantitative estimate of drug-likeness (QED) is 0.845. The van der Waals surface area contributed by atoms with Gasteiger partial charge in [0.25, 0.3) is 0 Å². The van der Waals surface area contributed by atoms with Gasteiger partial charge in [-0.1, -0.05) is 37.1 Å². The summed E-state index contributed by atoms with van der Waals surface area (Å²) in [4.78, 5) is 17.4. The van der Waals surface area contributed by atoms with Crippen molar-refractivity contribution in [2.75, 3.05) is 33.2 Å². The van der Waals surface area contributed by atoms with Gasteiger partial charge in [0.15, 0.2) is 0 Å². The highest BCUT2D eigenvalue weighted by molar-refractivity contribution is 5.80. The molecule has 2 aliphatic rings. The summed E-state index contributed by atoms with van der Waals surface area (Å²) in [6.07, 6.45) is 4.08. The number of nitrogens with zero attached hydrogens (tertiary/aromatic N) is 2. The van der Waals surface area contributed by atoms with Crippen molar-refractivity contribution in [3.05, 3.63) is 35.4 Å². The van der Waals surface area contributed by atoms with Crippen LogP contribution in [0.2, 0.25) is 0 Å². The number of carbonyl (C=O) groups excluding carboxylic acids is 1. The number of piperazine rings is 1. The average molecular weight is 359 g/mol. The topological polar surface area (TPSA) is 61.6 Å². The van der Waals surface area contributed by atoms with E-state index in [9.17, 15) is 4.79 Å². The van der Waals surface area contributed by atoms with E-state index >= 15 is 0 Å². The van der Waals surface area contributed by atoms with Crippen LogP contribution in [0.5, 0.6) is 0 Å². The number of hydrogen-bond acceptors (Lipinski definition) is 4. The molecule has 1 amide bonds. The number of hydrogen-bond donors (Lipinski definition) is 2. The van der Waals surface area contributed by atoms with Crippen molar-refractivity contribution in [1.82, 2.24) is 15.1 Å². The van der Waals surface area contributed by atoms with Crippen LogP contribution in [0.4, 0.5) is 0 Å². The highest BCUT2D eigenvalue weighted by Crippen LogP contribution is 2.31. The van der Waals surface area contributed by atoms with Crippen LogP contribution in [-0.4, -0.2) is 54.5 Å². The minimum absolute atomic E-state index is 0.0623. The Labute approximate surface area is 157 Å². The first kappa shape index (κ1) is 19.3. The number of benzene rings is 1. The number of likely N-dealkylation sites (N-methyl/N-ethyl adjacent to an activating group) is 1. The van der Waals surface area contributed by atoms with E-state index in [4.69, 9.17) is 5.73 Å². The molecule has 5 heteroatoms. The predicted molar refractivity (Wildman–Crippen MR) is 106 cm³/mol. The molecule has 1 aromatic carbocycles. The zero-order chi connectivity index (χ0) is 18.6. The Bertz CT molecular complexity index is 591. The van der Waals surface area contributed by atoms with Crippen molar-refractivity contribution in [2.45, 2.75) is 51.2 Å². The summed E-state index contributed by atoms with van der Waals surface area (Å²) in [5, 5.41) is 3.10. The molecule has 1 aliphatic carbocycles. The molecule has 26 heavy (non-hydrogen) atoms. The second-order valence-corrected chi connectivity index (χ2v) is 8.42. The second kappa shape index (κ2) is 8.51. The van der Waals surface area contributed by atoms with Gasteiger partial charge >= 0.3 is 0 Å². The van der Waals surface area contributed by atoms with Crippen molar-refractivity contribution in [2.24, 2.45) is 11.7 Å². The summed E-state index contributed by atoms with van der Waals surface area (Å²) in [6, 6.07) is 8.64. The first-order valence-electron chi connectivity index (χ1n) is 9.99. The lowest BCUT2D eigenvalue weighted by atomic mass is 9.74. The Balaban J connectivity index is 1.47. The third-order valence-electron chi connectivity index (χ3n) is 6.06. The molecular weight excluding hydrogens is 324 g/mol. The third kappa shape index (κ3) is 5.06. The minimum atomic E-state index is -0.366. The molecule has 2 unspecified atom stereocenters. The standard InChI is InChI=1S/C21H34N4O/c1-21(22)10-4-3-5-19(21)20(26)23-15-17-6-8-18(9-7-17)16-25-13-11-24(2)12-14-25/h6-9,19H,3-5,10-16,22H2,1-2H3,(H,23,26). The van der Waals surface area contributed by atoms with Crippen LogP contribution in [0.15, 0.2) is 24.3 Å². The van der Waals surface area contributed by atoms with Crippen molar-refractivity contribution < 1.29 is 4.79 Å². The molecule has 2 fully saturated rings. The van der Waals surface area contributed by atoms with Gasteiger partial charge in [0.05, 0.1) is 5.92 Å². The molecule has 3 N–H and O–H groups in total. The largest absolute Gasteiger partial charge is 0.352 e. The normalized spacial score (nSPS) is 28.0. The fourth-order valence-electron chi connectivity index (χ4n) is 4.13. The summed E-state index contributed by atoms with van der Waals surface area (Å²) in [7, 11) is 2.18. The Morgan fingerprint density at radius 1 is 1.15 bits per heavy atom. The number of nitrogens with two attached hydrogens (primary N) is 1. The van der Waals surface area contributed by atoms with Crippen molar-refractivity contribution in [1.29, 1.82) is 0 Å². The first-order valence-corrected chi connectivity index (χ1v) is 9.99. The van der Waals surface area contributed by atoms with E-state index < -0.39 is 0 Å². The highest BCUT2D eigenvalue weighted by Gasteiger charge is 2.37. The second-order valence-electron chi connectivity index (χ2n) is 8.42. The lowest BCUT2D eigenvalue weighted by Crippen LogP contribution is -2.52. The maximum Gasteiger partial charge on any atom is 0.225 e. The number of carbonyl (C=O) groups is 1. The fourth-order valence-corrected chi connectivity index (χ4v) is 4.13. The molecule has 2 atom stereocenters. The molecule has 1 saturated carbocycles. The van der Waals surface area contributed by atoms with Gasteiger partial charge in [-0.2, -0.15) is 0 Å². The molecule has 1 aromatic rings. The first-order chi connectivity index (χ1) is 12.4. The van der Waals surface area contributed by atoms with Gasteiger partial charge in [0, 0.05) is 44.8 Å².